The zero-order valence-electron chi connectivity index (χ0n) is 13.5. The number of aryl methyl sites for hydroxylation is 1. The van der Waals surface area contributed by atoms with Crippen molar-refractivity contribution in [2.75, 3.05) is 26.2 Å². The van der Waals surface area contributed by atoms with Gasteiger partial charge in [-0.25, -0.2) is 4.98 Å². The van der Waals surface area contributed by atoms with Crippen LogP contribution in [0.3, 0.4) is 0 Å². The normalized spacial score (nSPS) is 17.0. The molecule has 4 nitrogen and oxygen atoms in total. The molecule has 0 bridgehead atoms. The molecule has 1 aliphatic heterocycles. The smallest absolute Gasteiger partial charge is 0.416 e. The third kappa shape index (κ3) is 3.96. The highest BCUT2D eigenvalue weighted by atomic mass is 19.4. The van der Waals surface area contributed by atoms with E-state index in [0.717, 1.165) is 50.4 Å². The van der Waals surface area contributed by atoms with Crippen LogP contribution in [0.5, 0.6) is 0 Å². The third-order valence-electron chi connectivity index (χ3n) is 4.14. The number of halogens is 3. The molecule has 0 atom stereocenters. The van der Waals surface area contributed by atoms with Crippen molar-refractivity contribution in [2.24, 2.45) is 0 Å². The van der Waals surface area contributed by atoms with E-state index in [1.54, 1.807) is 13.0 Å². The SMILES string of the molecule is Cc1oc(-c2cccc(C(F)(F)F)c2)nc1CN1CCCNCC1. The summed E-state index contributed by atoms with van der Waals surface area (Å²) in [7, 11) is 0. The minimum atomic E-state index is -4.38. The van der Waals surface area contributed by atoms with Crippen molar-refractivity contribution in [1.29, 1.82) is 0 Å². The molecule has 2 aromatic rings. The fourth-order valence-electron chi connectivity index (χ4n) is 2.80. The maximum atomic E-state index is 12.9. The fraction of sp³-hybridized carbons (Fsp3) is 0.471. The van der Waals surface area contributed by atoms with Crippen LogP contribution in [0.4, 0.5) is 13.2 Å². The average Bonchev–Trinajstić information content (AvgIpc) is 2.74. The van der Waals surface area contributed by atoms with Crippen molar-refractivity contribution >= 4 is 0 Å². The number of benzene rings is 1. The minimum absolute atomic E-state index is 0.238. The van der Waals surface area contributed by atoms with Crippen LogP contribution in [0, 0.1) is 6.92 Å². The lowest BCUT2D eigenvalue weighted by atomic mass is 10.1. The second kappa shape index (κ2) is 6.94. The van der Waals surface area contributed by atoms with E-state index in [1.165, 1.54) is 6.07 Å². The van der Waals surface area contributed by atoms with E-state index < -0.39 is 11.7 Å². The van der Waals surface area contributed by atoms with Crippen molar-refractivity contribution in [3.63, 3.8) is 0 Å². The maximum absolute atomic E-state index is 12.9. The molecule has 3 rings (SSSR count). The highest BCUT2D eigenvalue weighted by molar-refractivity contribution is 5.55. The number of nitrogens with one attached hydrogen (secondary N) is 1. The molecule has 1 aliphatic rings. The Morgan fingerprint density at radius 1 is 1.25 bits per heavy atom. The van der Waals surface area contributed by atoms with Crippen molar-refractivity contribution in [3.8, 4) is 11.5 Å². The van der Waals surface area contributed by atoms with Crippen LogP contribution in [-0.2, 0) is 12.7 Å². The second-order valence-corrected chi connectivity index (χ2v) is 5.98. The van der Waals surface area contributed by atoms with Crippen LogP contribution in [0.15, 0.2) is 28.7 Å². The summed E-state index contributed by atoms with van der Waals surface area (Å²) in [5.74, 6) is 0.890. The molecule has 0 spiro atoms. The Kier molecular flexibility index (Phi) is 4.91. The number of aromatic nitrogens is 1. The van der Waals surface area contributed by atoms with Crippen LogP contribution in [0.2, 0.25) is 0 Å². The third-order valence-corrected chi connectivity index (χ3v) is 4.14. The Morgan fingerprint density at radius 3 is 2.88 bits per heavy atom. The van der Waals surface area contributed by atoms with Gasteiger partial charge in [0.05, 0.1) is 11.3 Å². The summed E-state index contributed by atoms with van der Waals surface area (Å²) in [6, 6.07) is 5.08. The fourth-order valence-corrected chi connectivity index (χ4v) is 2.80. The van der Waals surface area contributed by atoms with E-state index >= 15 is 0 Å². The highest BCUT2D eigenvalue weighted by Crippen LogP contribution is 2.32. The number of nitrogens with zero attached hydrogens (tertiary/aromatic N) is 2. The Labute approximate surface area is 138 Å². The van der Waals surface area contributed by atoms with Crippen molar-refractivity contribution in [3.05, 3.63) is 41.3 Å². The molecule has 1 aromatic carbocycles. The summed E-state index contributed by atoms with van der Waals surface area (Å²) in [5, 5.41) is 3.34. The molecule has 0 aliphatic carbocycles. The summed E-state index contributed by atoms with van der Waals surface area (Å²) in [6.45, 7) is 6.27. The molecule has 1 aromatic heterocycles. The standard InChI is InChI=1S/C17H20F3N3O/c1-12-15(11-23-8-3-6-21-7-9-23)22-16(24-12)13-4-2-5-14(10-13)17(18,19)20/h2,4-5,10,21H,3,6-9,11H2,1H3. The second-order valence-electron chi connectivity index (χ2n) is 5.98. The first-order valence-electron chi connectivity index (χ1n) is 8.00. The molecule has 0 amide bonds. The Morgan fingerprint density at radius 2 is 2.08 bits per heavy atom. The lowest BCUT2D eigenvalue weighted by molar-refractivity contribution is -0.137. The molecule has 24 heavy (non-hydrogen) atoms. The topological polar surface area (TPSA) is 41.3 Å². The van der Waals surface area contributed by atoms with Gasteiger partial charge in [0.2, 0.25) is 5.89 Å². The molecular formula is C17H20F3N3O. The van der Waals surface area contributed by atoms with E-state index in [-0.39, 0.29) is 5.89 Å². The summed E-state index contributed by atoms with van der Waals surface area (Å²) in [6.07, 6.45) is -3.31. The largest absolute Gasteiger partial charge is 0.441 e. The molecule has 2 heterocycles. The number of alkyl halides is 3. The molecule has 0 radical (unpaired) electrons. The lowest BCUT2D eigenvalue weighted by Crippen LogP contribution is -2.28. The highest BCUT2D eigenvalue weighted by Gasteiger charge is 2.31. The number of hydrogen-bond donors (Lipinski definition) is 1. The van der Waals surface area contributed by atoms with Gasteiger partial charge < -0.3 is 9.73 Å². The molecule has 0 saturated carbocycles. The van der Waals surface area contributed by atoms with Gasteiger partial charge in [0.1, 0.15) is 5.76 Å². The zero-order chi connectivity index (χ0) is 17.2. The number of rotatable bonds is 3. The van der Waals surface area contributed by atoms with E-state index in [4.69, 9.17) is 4.42 Å². The van der Waals surface area contributed by atoms with E-state index in [9.17, 15) is 13.2 Å². The Bertz CT molecular complexity index is 689. The zero-order valence-corrected chi connectivity index (χ0v) is 13.5. The molecule has 1 fully saturated rings. The van der Waals surface area contributed by atoms with Crippen LogP contribution >= 0.6 is 0 Å². The van der Waals surface area contributed by atoms with Crippen LogP contribution in [0.25, 0.3) is 11.5 Å². The van der Waals surface area contributed by atoms with E-state index in [0.29, 0.717) is 17.9 Å². The van der Waals surface area contributed by atoms with Gasteiger partial charge in [-0.05, 0) is 44.6 Å². The van der Waals surface area contributed by atoms with Crippen LogP contribution in [0.1, 0.15) is 23.4 Å². The number of oxazole rings is 1. The van der Waals surface area contributed by atoms with E-state index in [2.05, 4.69) is 15.2 Å². The molecule has 1 N–H and O–H groups in total. The van der Waals surface area contributed by atoms with Gasteiger partial charge >= 0.3 is 6.18 Å². The lowest BCUT2D eigenvalue weighted by Gasteiger charge is -2.17. The van der Waals surface area contributed by atoms with Crippen LogP contribution < -0.4 is 5.32 Å². The molecule has 0 unspecified atom stereocenters. The summed E-state index contributed by atoms with van der Waals surface area (Å²) < 4.78 is 44.2. The minimum Gasteiger partial charge on any atom is -0.441 e. The molecular weight excluding hydrogens is 319 g/mol. The van der Waals surface area contributed by atoms with Crippen LogP contribution in [-0.4, -0.2) is 36.1 Å². The molecule has 7 heteroatoms. The van der Waals surface area contributed by atoms with Crippen molar-refractivity contribution in [2.45, 2.75) is 26.1 Å². The Balaban J connectivity index is 1.81. The van der Waals surface area contributed by atoms with Gasteiger partial charge in [-0.15, -0.1) is 0 Å². The molecule has 130 valence electrons. The quantitative estimate of drug-likeness (QED) is 0.930. The van der Waals surface area contributed by atoms with Gasteiger partial charge in [0, 0.05) is 25.2 Å². The predicted molar refractivity (Wildman–Crippen MR) is 84.4 cm³/mol. The molecule has 1 saturated heterocycles. The van der Waals surface area contributed by atoms with Gasteiger partial charge in [0.25, 0.3) is 0 Å². The average molecular weight is 339 g/mol. The Hall–Kier alpha value is -1.86. The van der Waals surface area contributed by atoms with Gasteiger partial charge in [0.15, 0.2) is 0 Å². The van der Waals surface area contributed by atoms with Gasteiger partial charge in [-0.2, -0.15) is 13.2 Å². The summed E-state index contributed by atoms with van der Waals surface area (Å²) in [4.78, 5) is 6.71. The summed E-state index contributed by atoms with van der Waals surface area (Å²) >= 11 is 0. The van der Waals surface area contributed by atoms with Crippen molar-refractivity contribution < 1.29 is 17.6 Å². The number of hydrogen-bond acceptors (Lipinski definition) is 4. The van der Waals surface area contributed by atoms with Crippen molar-refractivity contribution in [1.82, 2.24) is 15.2 Å². The van der Waals surface area contributed by atoms with E-state index in [1.807, 2.05) is 0 Å². The van der Waals surface area contributed by atoms with Gasteiger partial charge in [-0.1, -0.05) is 6.07 Å². The monoisotopic (exact) mass is 339 g/mol. The first-order valence-corrected chi connectivity index (χ1v) is 8.00. The maximum Gasteiger partial charge on any atom is 0.416 e. The van der Waals surface area contributed by atoms with Gasteiger partial charge in [-0.3, -0.25) is 4.90 Å². The first-order chi connectivity index (χ1) is 11.4. The predicted octanol–water partition coefficient (Wildman–Crippen LogP) is 3.46. The summed E-state index contributed by atoms with van der Waals surface area (Å²) in [5.41, 5.74) is 0.428. The first kappa shape index (κ1) is 17.0.